The lowest BCUT2D eigenvalue weighted by Crippen LogP contribution is -2.31. The Morgan fingerprint density at radius 2 is 2.00 bits per heavy atom. The molecule has 0 fully saturated rings. The van der Waals surface area contributed by atoms with Crippen LogP contribution in [0.4, 0.5) is 0 Å². The van der Waals surface area contributed by atoms with Crippen molar-refractivity contribution >= 4 is 0 Å². The molecule has 0 aliphatic heterocycles. The van der Waals surface area contributed by atoms with E-state index in [1.165, 1.54) is 19.3 Å². The maximum Gasteiger partial charge on any atom is -0.0132 e. The molecule has 3 atom stereocenters. The van der Waals surface area contributed by atoms with Crippen molar-refractivity contribution in [1.82, 2.24) is 0 Å². The minimum absolute atomic E-state index is 0.823. The van der Waals surface area contributed by atoms with Gasteiger partial charge in [-0.2, -0.15) is 0 Å². The van der Waals surface area contributed by atoms with Gasteiger partial charge in [-0.15, -0.1) is 0 Å². The van der Waals surface area contributed by atoms with E-state index in [0.717, 1.165) is 23.7 Å². The van der Waals surface area contributed by atoms with E-state index < -0.39 is 0 Å². The Labute approximate surface area is 94.5 Å². The van der Waals surface area contributed by atoms with Crippen LogP contribution in [-0.2, 0) is 0 Å². The van der Waals surface area contributed by atoms with E-state index in [4.69, 9.17) is 0 Å². The van der Waals surface area contributed by atoms with Crippen molar-refractivity contribution in [2.75, 3.05) is 0 Å². The normalized spacial score (nSPS) is 35.9. The standard InChI is InChI=1S/C15H24/c1-10(2)13-8-6-12(4)14-7-5-11(3)9-15(13)14/h6,9-10,13-15H,5,7-8H2,1-4H3/t13-,14+,15+/m1/s1. The number of fused-ring (bicyclic) bond motifs is 1. The van der Waals surface area contributed by atoms with Gasteiger partial charge in [0.2, 0.25) is 0 Å². The third-order valence-electron chi connectivity index (χ3n) is 4.44. The first-order valence-electron chi connectivity index (χ1n) is 6.43. The largest absolute Gasteiger partial charge is 0.0850 e. The molecule has 0 unspecified atom stereocenters. The molecule has 0 aromatic rings. The van der Waals surface area contributed by atoms with Crippen LogP contribution in [0.5, 0.6) is 0 Å². The molecule has 0 aromatic heterocycles. The van der Waals surface area contributed by atoms with Gasteiger partial charge in [-0.3, -0.25) is 0 Å². The summed E-state index contributed by atoms with van der Waals surface area (Å²) >= 11 is 0. The molecule has 0 spiro atoms. The van der Waals surface area contributed by atoms with Gasteiger partial charge in [0.25, 0.3) is 0 Å². The van der Waals surface area contributed by atoms with Crippen molar-refractivity contribution < 1.29 is 0 Å². The fourth-order valence-corrected chi connectivity index (χ4v) is 3.40. The second-order valence-corrected chi connectivity index (χ2v) is 5.83. The van der Waals surface area contributed by atoms with E-state index in [9.17, 15) is 0 Å². The molecular weight excluding hydrogens is 180 g/mol. The van der Waals surface area contributed by atoms with E-state index in [0.29, 0.717) is 0 Å². The number of allylic oxidation sites excluding steroid dienone is 4. The Hall–Kier alpha value is -0.520. The molecular formula is C15H24. The maximum absolute atomic E-state index is 2.58. The van der Waals surface area contributed by atoms with Crippen LogP contribution in [0.25, 0.3) is 0 Å². The Morgan fingerprint density at radius 1 is 1.27 bits per heavy atom. The third kappa shape index (κ3) is 2.04. The zero-order chi connectivity index (χ0) is 11.0. The summed E-state index contributed by atoms with van der Waals surface area (Å²) in [5, 5.41) is 0. The molecule has 15 heavy (non-hydrogen) atoms. The molecule has 0 saturated carbocycles. The van der Waals surface area contributed by atoms with Crippen molar-refractivity contribution in [3.63, 3.8) is 0 Å². The van der Waals surface area contributed by atoms with Crippen molar-refractivity contribution in [2.45, 2.75) is 47.0 Å². The van der Waals surface area contributed by atoms with Gasteiger partial charge in [-0.25, -0.2) is 0 Å². The fraction of sp³-hybridized carbons (Fsp3) is 0.733. The second-order valence-electron chi connectivity index (χ2n) is 5.83. The summed E-state index contributed by atoms with van der Waals surface area (Å²) in [5.74, 6) is 3.40. The van der Waals surface area contributed by atoms with Crippen LogP contribution in [-0.4, -0.2) is 0 Å². The van der Waals surface area contributed by atoms with E-state index in [2.05, 4.69) is 39.8 Å². The van der Waals surface area contributed by atoms with Gasteiger partial charge in [0, 0.05) is 0 Å². The summed E-state index contributed by atoms with van der Waals surface area (Å²) in [4.78, 5) is 0. The molecule has 2 rings (SSSR count). The Balaban J connectivity index is 2.28. The summed E-state index contributed by atoms with van der Waals surface area (Å²) in [6.45, 7) is 9.41. The SMILES string of the molecule is CC1=C[C@H]2[C@@H](C(C)C)CC=C(C)[C@@H]2CC1. The smallest absolute Gasteiger partial charge is 0.0132 e. The highest BCUT2D eigenvalue weighted by Gasteiger charge is 2.34. The fourth-order valence-electron chi connectivity index (χ4n) is 3.40. The van der Waals surface area contributed by atoms with Gasteiger partial charge in [0.05, 0.1) is 0 Å². The van der Waals surface area contributed by atoms with E-state index >= 15 is 0 Å². The number of hydrogen-bond donors (Lipinski definition) is 0. The van der Waals surface area contributed by atoms with Crippen molar-refractivity contribution in [2.24, 2.45) is 23.7 Å². The van der Waals surface area contributed by atoms with Crippen LogP contribution in [0, 0.1) is 23.7 Å². The lowest BCUT2D eigenvalue weighted by Gasteiger charge is -2.41. The summed E-state index contributed by atoms with van der Waals surface area (Å²) in [7, 11) is 0. The zero-order valence-electron chi connectivity index (χ0n) is 10.6. The molecule has 0 radical (unpaired) electrons. The van der Waals surface area contributed by atoms with Crippen LogP contribution in [0.2, 0.25) is 0 Å². The minimum Gasteiger partial charge on any atom is -0.0850 e. The minimum atomic E-state index is 0.823. The second kappa shape index (κ2) is 4.15. The van der Waals surface area contributed by atoms with Crippen LogP contribution in [0.1, 0.15) is 47.0 Å². The highest BCUT2D eigenvalue weighted by Crippen LogP contribution is 2.45. The molecule has 0 aromatic carbocycles. The molecule has 2 aliphatic carbocycles. The number of rotatable bonds is 1. The lowest BCUT2D eigenvalue weighted by atomic mass is 9.64. The molecule has 2 aliphatic rings. The highest BCUT2D eigenvalue weighted by molar-refractivity contribution is 5.20. The van der Waals surface area contributed by atoms with Crippen molar-refractivity contribution in [3.05, 3.63) is 23.3 Å². The monoisotopic (exact) mass is 204 g/mol. The van der Waals surface area contributed by atoms with E-state index in [-0.39, 0.29) is 0 Å². The predicted octanol–water partition coefficient (Wildman–Crippen LogP) is 4.58. The quantitative estimate of drug-likeness (QED) is 0.548. The molecule has 0 bridgehead atoms. The Morgan fingerprint density at radius 3 is 2.67 bits per heavy atom. The topological polar surface area (TPSA) is 0 Å². The van der Waals surface area contributed by atoms with Crippen LogP contribution in [0.3, 0.4) is 0 Å². The molecule has 0 nitrogen and oxygen atoms in total. The highest BCUT2D eigenvalue weighted by atomic mass is 14.4. The average molecular weight is 204 g/mol. The number of hydrogen-bond acceptors (Lipinski definition) is 0. The lowest BCUT2D eigenvalue weighted by molar-refractivity contribution is 0.210. The first kappa shape index (κ1) is 11.0. The third-order valence-corrected chi connectivity index (χ3v) is 4.44. The molecule has 0 heterocycles. The van der Waals surface area contributed by atoms with Crippen LogP contribution >= 0.6 is 0 Å². The van der Waals surface area contributed by atoms with E-state index in [1.54, 1.807) is 11.1 Å². The first-order chi connectivity index (χ1) is 7.09. The summed E-state index contributed by atoms with van der Waals surface area (Å²) in [6.07, 6.45) is 9.08. The van der Waals surface area contributed by atoms with Crippen molar-refractivity contribution in [3.8, 4) is 0 Å². The summed E-state index contributed by atoms with van der Waals surface area (Å²) < 4.78 is 0. The van der Waals surface area contributed by atoms with Gasteiger partial charge < -0.3 is 0 Å². The maximum atomic E-state index is 2.58. The first-order valence-corrected chi connectivity index (χ1v) is 6.43. The van der Waals surface area contributed by atoms with Gasteiger partial charge in [-0.05, 0) is 56.8 Å². The summed E-state index contributed by atoms with van der Waals surface area (Å²) in [6, 6.07) is 0. The summed E-state index contributed by atoms with van der Waals surface area (Å²) in [5.41, 5.74) is 3.28. The zero-order valence-corrected chi connectivity index (χ0v) is 10.6. The van der Waals surface area contributed by atoms with Crippen molar-refractivity contribution in [1.29, 1.82) is 0 Å². The predicted molar refractivity (Wildman–Crippen MR) is 66.7 cm³/mol. The van der Waals surface area contributed by atoms with Gasteiger partial charge >= 0.3 is 0 Å². The molecule has 0 N–H and O–H groups in total. The van der Waals surface area contributed by atoms with Crippen LogP contribution < -0.4 is 0 Å². The van der Waals surface area contributed by atoms with E-state index in [1.807, 2.05) is 0 Å². The molecule has 0 saturated heterocycles. The Kier molecular flexibility index (Phi) is 3.04. The molecule has 84 valence electrons. The molecule has 0 amide bonds. The van der Waals surface area contributed by atoms with Gasteiger partial charge in [0.1, 0.15) is 0 Å². The Bertz CT molecular complexity index is 293. The van der Waals surface area contributed by atoms with Crippen LogP contribution in [0.15, 0.2) is 23.3 Å². The van der Waals surface area contributed by atoms with Gasteiger partial charge in [0.15, 0.2) is 0 Å². The average Bonchev–Trinajstić information content (AvgIpc) is 2.17. The molecule has 0 heteroatoms. The van der Waals surface area contributed by atoms with Gasteiger partial charge in [-0.1, -0.05) is 37.1 Å².